The van der Waals surface area contributed by atoms with Crippen LogP contribution in [0.4, 0.5) is 10.1 Å². The van der Waals surface area contributed by atoms with Gasteiger partial charge in [-0.2, -0.15) is 0 Å². The lowest BCUT2D eigenvalue weighted by atomic mass is 10.0. The van der Waals surface area contributed by atoms with Gasteiger partial charge in [0.25, 0.3) is 0 Å². The van der Waals surface area contributed by atoms with Crippen molar-refractivity contribution < 1.29 is 4.39 Å². The molecule has 1 fully saturated rings. The molecule has 0 aromatic heterocycles. The molecule has 1 heterocycles. The van der Waals surface area contributed by atoms with E-state index in [1.54, 1.807) is 6.07 Å². The molecule has 0 saturated carbocycles. The molecule has 0 spiro atoms. The van der Waals surface area contributed by atoms with Gasteiger partial charge in [0, 0.05) is 43.5 Å². The standard InChI is InChI=1S/C14H22FN3/c1-3-17-7-9-18(10-8-17)13-6-4-5-12(15)14(13)11(2)16/h4-6,11H,3,7-10,16H2,1-2H3/t11-/m0/s1. The van der Waals surface area contributed by atoms with Gasteiger partial charge in [0.2, 0.25) is 0 Å². The lowest BCUT2D eigenvalue weighted by molar-refractivity contribution is 0.271. The van der Waals surface area contributed by atoms with Gasteiger partial charge in [-0.1, -0.05) is 13.0 Å². The van der Waals surface area contributed by atoms with Crippen LogP contribution in [-0.2, 0) is 0 Å². The van der Waals surface area contributed by atoms with E-state index in [1.165, 1.54) is 6.07 Å². The van der Waals surface area contributed by atoms with Gasteiger partial charge in [0.1, 0.15) is 5.82 Å². The zero-order valence-electron chi connectivity index (χ0n) is 11.2. The Balaban J connectivity index is 2.21. The Kier molecular flexibility index (Phi) is 4.19. The van der Waals surface area contributed by atoms with Gasteiger partial charge < -0.3 is 15.5 Å². The van der Waals surface area contributed by atoms with E-state index in [-0.39, 0.29) is 11.9 Å². The molecule has 1 aliphatic rings. The number of piperazine rings is 1. The first kappa shape index (κ1) is 13.3. The Morgan fingerprint density at radius 1 is 1.28 bits per heavy atom. The molecule has 0 amide bonds. The fourth-order valence-corrected chi connectivity index (χ4v) is 2.56. The Morgan fingerprint density at radius 2 is 1.94 bits per heavy atom. The molecule has 1 aromatic rings. The van der Waals surface area contributed by atoms with E-state index in [4.69, 9.17) is 5.73 Å². The summed E-state index contributed by atoms with van der Waals surface area (Å²) in [5.74, 6) is -0.194. The van der Waals surface area contributed by atoms with E-state index in [2.05, 4.69) is 16.7 Å². The lowest BCUT2D eigenvalue weighted by Gasteiger charge is -2.37. The fourth-order valence-electron chi connectivity index (χ4n) is 2.56. The van der Waals surface area contributed by atoms with Crippen LogP contribution >= 0.6 is 0 Å². The molecular weight excluding hydrogens is 229 g/mol. The van der Waals surface area contributed by atoms with Gasteiger partial charge in [0.15, 0.2) is 0 Å². The summed E-state index contributed by atoms with van der Waals surface area (Å²) in [5, 5.41) is 0. The summed E-state index contributed by atoms with van der Waals surface area (Å²) in [7, 11) is 0. The van der Waals surface area contributed by atoms with E-state index in [0.29, 0.717) is 5.56 Å². The number of nitrogens with zero attached hydrogens (tertiary/aromatic N) is 2. The average Bonchev–Trinajstić information content (AvgIpc) is 2.38. The average molecular weight is 251 g/mol. The Bertz CT molecular complexity index is 398. The van der Waals surface area contributed by atoms with Crippen LogP contribution in [0.5, 0.6) is 0 Å². The number of hydrogen-bond donors (Lipinski definition) is 1. The minimum Gasteiger partial charge on any atom is -0.369 e. The van der Waals surface area contributed by atoms with Crippen LogP contribution < -0.4 is 10.6 Å². The van der Waals surface area contributed by atoms with Crippen molar-refractivity contribution in [2.24, 2.45) is 5.73 Å². The maximum atomic E-state index is 13.9. The first-order valence-corrected chi connectivity index (χ1v) is 6.64. The van der Waals surface area contributed by atoms with Gasteiger partial charge in [-0.3, -0.25) is 0 Å². The minimum atomic E-state index is -0.273. The second-order valence-electron chi connectivity index (χ2n) is 4.88. The van der Waals surface area contributed by atoms with E-state index in [1.807, 2.05) is 13.0 Å². The third-order valence-corrected chi connectivity index (χ3v) is 3.65. The molecule has 0 unspecified atom stereocenters. The molecule has 18 heavy (non-hydrogen) atoms. The van der Waals surface area contributed by atoms with Crippen LogP contribution in [0.2, 0.25) is 0 Å². The van der Waals surface area contributed by atoms with E-state index < -0.39 is 0 Å². The highest BCUT2D eigenvalue weighted by atomic mass is 19.1. The zero-order chi connectivity index (χ0) is 13.1. The molecule has 100 valence electrons. The Hall–Kier alpha value is -1.13. The highest BCUT2D eigenvalue weighted by molar-refractivity contribution is 5.55. The number of hydrogen-bond acceptors (Lipinski definition) is 3. The molecule has 2 N–H and O–H groups in total. The van der Waals surface area contributed by atoms with E-state index in [9.17, 15) is 4.39 Å². The highest BCUT2D eigenvalue weighted by Crippen LogP contribution is 2.28. The summed E-state index contributed by atoms with van der Waals surface area (Å²) < 4.78 is 13.9. The first-order valence-electron chi connectivity index (χ1n) is 6.64. The molecule has 0 radical (unpaired) electrons. The largest absolute Gasteiger partial charge is 0.369 e. The molecule has 1 aromatic carbocycles. The molecule has 0 aliphatic carbocycles. The summed E-state index contributed by atoms with van der Waals surface area (Å²) >= 11 is 0. The number of rotatable bonds is 3. The fraction of sp³-hybridized carbons (Fsp3) is 0.571. The van der Waals surface area contributed by atoms with Crippen molar-refractivity contribution in [3.8, 4) is 0 Å². The smallest absolute Gasteiger partial charge is 0.130 e. The normalized spacial score (nSPS) is 19.0. The molecule has 3 nitrogen and oxygen atoms in total. The van der Waals surface area contributed by atoms with Crippen LogP contribution in [0.3, 0.4) is 0 Å². The second-order valence-corrected chi connectivity index (χ2v) is 4.88. The highest BCUT2D eigenvalue weighted by Gasteiger charge is 2.21. The van der Waals surface area contributed by atoms with Gasteiger partial charge in [-0.05, 0) is 25.6 Å². The third kappa shape index (κ3) is 2.65. The minimum absolute atomic E-state index is 0.194. The lowest BCUT2D eigenvalue weighted by Crippen LogP contribution is -2.46. The summed E-state index contributed by atoms with van der Waals surface area (Å²) in [6.07, 6.45) is 0. The van der Waals surface area contributed by atoms with Crippen molar-refractivity contribution in [1.82, 2.24) is 4.90 Å². The zero-order valence-corrected chi connectivity index (χ0v) is 11.2. The number of benzene rings is 1. The molecule has 1 saturated heterocycles. The predicted octanol–water partition coefficient (Wildman–Crippen LogP) is 1.99. The molecule has 2 rings (SSSR count). The van der Waals surface area contributed by atoms with E-state index in [0.717, 1.165) is 38.4 Å². The van der Waals surface area contributed by atoms with Crippen molar-refractivity contribution in [2.45, 2.75) is 19.9 Å². The topological polar surface area (TPSA) is 32.5 Å². The van der Waals surface area contributed by atoms with Crippen molar-refractivity contribution in [2.75, 3.05) is 37.6 Å². The Labute approximate surface area is 108 Å². The van der Waals surface area contributed by atoms with Crippen molar-refractivity contribution >= 4 is 5.69 Å². The van der Waals surface area contributed by atoms with Crippen LogP contribution in [0, 0.1) is 5.82 Å². The number of halogens is 1. The van der Waals surface area contributed by atoms with E-state index >= 15 is 0 Å². The first-order chi connectivity index (χ1) is 8.63. The van der Waals surface area contributed by atoms with Crippen LogP contribution in [0.1, 0.15) is 25.5 Å². The summed E-state index contributed by atoms with van der Waals surface area (Å²) in [6.45, 7) is 9.04. The van der Waals surface area contributed by atoms with Crippen molar-refractivity contribution in [1.29, 1.82) is 0 Å². The second kappa shape index (κ2) is 5.67. The predicted molar refractivity (Wildman–Crippen MR) is 73.3 cm³/mol. The molecular formula is C14H22FN3. The molecule has 1 atom stereocenters. The van der Waals surface area contributed by atoms with Gasteiger partial charge in [0.05, 0.1) is 0 Å². The van der Waals surface area contributed by atoms with Crippen molar-refractivity contribution in [3.63, 3.8) is 0 Å². The Morgan fingerprint density at radius 3 is 2.50 bits per heavy atom. The van der Waals surface area contributed by atoms with Crippen LogP contribution in [0.15, 0.2) is 18.2 Å². The summed E-state index contributed by atoms with van der Waals surface area (Å²) in [4.78, 5) is 4.65. The number of likely N-dealkylation sites (N-methyl/N-ethyl adjacent to an activating group) is 1. The maximum absolute atomic E-state index is 13.9. The maximum Gasteiger partial charge on any atom is 0.130 e. The van der Waals surface area contributed by atoms with Gasteiger partial charge in [-0.15, -0.1) is 0 Å². The quantitative estimate of drug-likeness (QED) is 0.891. The molecule has 1 aliphatic heterocycles. The summed E-state index contributed by atoms with van der Waals surface area (Å²) in [5.41, 5.74) is 7.50. The van der Waals surface area contributed by atoms with Gasteiger partial charge in [-0.25, -0.2) is 4.39 Å². The summed E-state index contributed by atoms with van der Waals surface area (Å²) in [6, 6.07) is 4.96. The molecule has 0 bridgehead atoms. The van der Waals surface area contributed by atoms with Crippen molar-refractivity contribution in [3.05, 3.63) is 29.6 Å². The number of nitrogens with two attached hydrogens (primary N) is 1. The SMILES string of the molecule is CCN1CCN(c2cccc(F)c2[C@H](C)N)CC1. The molecule has 4 heteroatoms. The monoisotopic (exact) mass is 251 g/mol. The van der Waals surface area contributed by atoms with Crippen LogP contribution in [-0.4, -0.2) is 37.6 Å². The third-order valence-electron chi connectivity index (χ3n) is 3.65. The van der Waals surface area contributed by atoms with Gasteiger partial charge >= 0.3 is 0 Å². The number of anilines is 1. The van der Waals surface area contributed by atoms with Crippen LogP contribution in [0.25, 0.3) is 0 Å².